The molecule has 0 spiro atoms. The Morgan fingerprint density at radius 3 is 2.60 bits per heavy atom. The number of carbonyl (C=O) groups is 2. The van der Waals surface area contributed by atoms with Crippen LogP contribution in [0.4, 0.5) is 10.5 Å². The molecule has 0 aromatic heterocycles. The maximum atomic E-state index is 12.6. The van der Waals surface area contributed by atoms with Crippen LogP contribution in [0.2, 0.25) is 0 Å². The number of anilines is 1. The van der Waals surface area contributed by atoms with E-state index in [9.17, 15) is 9.59 Å². The van der Waals surface area contributed by atoms with Crippen LogP contribution < -0.4 is 20.7 Å². The van der Waals surface area contributed by atoms with E-state index in [4.69, 9.17) is 10.5 Å². The van der Waals surface area contributed by atoms with Crippen LogP contribution in [0.3, 0.4) is 0 Å². The summed E-state index contributed by atoms with van der Waals surface area (Å²) in [7, 11) is 1.62. The molecule has 6 nitrogen and oxygen atoms in total. The Kier molecular flexibility index (Phi) is 4.88. The summed E-state index contributed by atoms with van der Waals surface area (Å²) in [4.78, 5) is 25.8. The fraction of sp³-hybridized carbons (Fsp3) is 0.263. The number of nitrogens with one attached hydrogen (secondary N) is 1. The summed E-state index contributed by atoms with van der Waals surface area (Å²) < 4.78 is 5.13. The number of methoxy groups -OCH3 is 1. The third kappa shape index (κ3) is 3.57. The number of amides is 3. The Balaban J connectivity index is 1.64. The first kappa shape index (κ1) is 16.8. The summed E-state index contributed by atoms with van der Waals surface area (Å²) in [5, 5.41) is 2.88. The molecule has 1 heterocycles. The molecule has 0 saturated heterocycles. The lowest BCUT2D eigenvalue weighted by atomic mass is 10.1. The van der Waals surface area contributed by atoms with Crippen molar-refractivity contribution in [2.24, 2.45) is 5.73 Å². The fourth-order valence-corrected chi connectivity index (χ4v) is 3.06. The number of nitrogens with two attached hydrogens (primary N) is 1. The van der Waals surface area contributed by atoms with Crippen LogP contribution in [0.25, 0.3) is 0 Å². The number of fused-ring (bicyclic) bond motifs is 1. The summed E-state index contributed by atoms with van der Waals surface area (Å²) in [5.41, 5.74) is 8.27. The van der Waals surface area contributed by atoms with Gasteiger partial charge in [0.15, 0.2) is 0 Å². The van der Waals surface area contributed by atoms with Crippen molar-refractivity contribution in [2.45, 2.75) is 18.9 Å². The lowest BCUT2D eigenvalue weighted by Gasteiger charge is -2.23. The first-order chi connectivity index (χ1) is 12.1. The number of primary amides is 1. The molecule has 3 amide bonds. The molecule has 0 unspecified atom stereocenters. The van der Waals surface area contributed by atoms with Gasteiger partial charge in [0.1, 0.15) is 11.8 Å². The minimum absolute atomic E-state index is 0.303. The Labute approximate surface area is 146 Å². The molecule has 1 aliphatic rings. The minimum Gasteiger partial charge on any atom is -0.497 e. The molecule has 0 radical (unpaired) electrons. The van der Waals surface area contributed by atoms with Gasteiger partial charge < -0.3 is 15.8 Å². The number of urea groups is 1. The molecule has 1 atom stereocenters. The van der Waals surface area contributed by atoms with Crippen LogP contribution >= 0.6 is 0 Å². The third-order valence-corrected chi connectivity index (χ3v) is 4.37. The zero-order valence-corrected chi connectivity index (χ0v) is 14.1. The minimum atomic E-state index is -0.640. The van der Waals surface area contributed by atoms with Crippen molar-refractivity contribution in [2.75, 3.05) is 18.6 Å². The van der Waals surface area contributed by atoms with E-state index in [-0.39, 0.29) is 6.03 Å². The predicted molar refractivity (Wildman–Crippen MR) is 95.7 cm³/mol. The van der Waals surface area contributed by atoms with Crippen LogP contribution in [-0.2, 0) is 17.6 Å². The molecule has 3 rings (SSSR count). The van der Waals surface area contributed by atoms with Gasteiger partial charge >= 0.3 is 6.03 Å². The van der Waals surface area contributed by atoms with Gasteiger partial charge in [0.2, 0.25) is 5.91 Å². The number of carbonyl (C=O) groups excluding carboxylic acids is 2. The quantitative estimate of drug-likeness (QED) is 0.872. The number of para-hydroxylation sites is 1. The standard InChI is InChI=1S/C19H21N3O3/c1-25-15-8-6-13(7-9-15)10-11-21-19(24)22-16-5-3-2-4-14(16)12-17(22)18(20)23/h2-9,17H,10-12H2,1H3,(H2,20,23)(H,21,24)/t17-/m0/s1. The summed E-state index contributed by atoms with van der Waals surface area (Å²) in [6.07, 6.45) is 1.14. The van der Waals surface area contributed by atoms with E-state index in [1.54, 1.807) is 7.11 Å². The Morgan fingerprint density at radius 1 is 1.20 bits per heavy atom. The molecule has 6 heteroatoms. The van der Waals surface area contributed by atoms with E-state index in [2.05, 4.69) is 5.32 Å². The van der Waals surface area contributed by atoms with Gasteiger partial charge in [0, 0.05) is 18.7 Å². The van der Waals surface area contributed by atoms with Gasteiger partial charge in [-0.05, 0) is 35.7 Å². The Bertz CT molecular complexity index is 774. The maximum absolute atomic E-state index is 12.6. The number of nitrogens with zero attached hydrogens (tertiary/aromatic N) is 1. The first-order valence-corrected chi connectivity index (χ1v) is 8.17. The second kappa shape index (κ2) is 7.25. The normalized spacial score (nSPS) is 15.6. The largest absolute Gasteiger partial charge is 0.497 e. The highest BCUT2D eigenvalue weighted by Gasteiger charge is 2.36. The zero-order valence-electron chi connectivity index (χ0n) is 14.1. The molecule has 2 aromatic rings. The van der Waals surface area contributed by atoms with Crippen molar-refractivity contribution in [1.29, 1.82) is 0 Å². The first-order valence-electron chi connectivity index (χ1n) is 8.17. The van der Waals surface area contributed by atoms with Crippen LogP contribution in [0, 0.1) is 0 Å². The number of ether oxygens (including phenoxy) is 1. The van der Waals surface area contributed by atoms with Gasteiger partial charge in [-0.2, -0.15) is 0 Å². The van der Waals surface area contributed by atoms with Crippen molar-refractivity contribution < 1.29 is 14.3 Å². The molecule has 130 valence electrons. The van der Waals surface area contributed by atoms with Gasteiger partial charge in [0.05, 0.1) is 7.11 Å². The van der Waals surface area contributed by atoms with E-state index in [1.807, 2.05) is 48.5 Å². The monoisotopic (exact) mass is 339 g/mol. The summed E-state index contributed by atoms with van der Waals surface area (Å²) in [5.74, 6) is 0.298. The molecule has 0 fully saturated rings. The van der Waals surface area contributed by atoms with Crippen molar-refractivity contribution in [3.05, 3.63) is 59.7 Å². The van der Waals surface area contributed by atoms with Gasteiger partial charge in [-0.1, -0.05) is 30.3 Å². The summed E-state index contributed by atoms with van der Waals surface area (Å²) >= 11 is 0. The molecule has 0 aliphatic carbocycles. The van der Waals surface area contributed by atoms with Gasteiger partial charge in [-0.15, -0.1) is 0 Å². The van der Waals surface area contributed by atoms with Crippen LogP contribution in [-0.4, -0.2) is 31.6 Å². The van der Waals surface area contributed by atoms with Crippen LogP contribution in [0.1, 0.15) is 11.1 Å². The van der Waals surface area contributed by atoms with E-state index in [1.165, 1.54) is 4.90 Å². The topological polar surface area (TPSA) is 84.7 Å². The fourth-order valence-electron chi connectivity index (χ4n) is 3.06. The molecular formula is C19H21N3O3. The average molecular weight is 339 g/mol. The second-order valence-corrected chi connectivity index (χ2v) is 5.95. The lowest BCUT2D eigenvalue weighted by molar-refractivity contribution is -0.119. The van der Waals surface area contributed by atoms with E-state index >= 15 is 0 Å². The number of benzene rings is 2. The van der Waals surface area contributed by atoms with Gasteiger partial charge in [-0.25, -0.2) is 4.79 Å². The molecule has 25 heavy (non-hydrogen) atoms. The number of rotatable bonds is 5. The molecular weight excluding hydrogens is 318 g/mol. The lowest BCUT2D eigenvalue weighted by Crippen LogP contribution is -2.50. The SMILES string of the molecule is COc1ccc(CCNC(=O)N2c3ccccc3C[C@H]2C(N)=O)cc1. The average Bonchev–Trinajstić information content (AvgIpc) is 3.02. The molecule has 3 N–H and O–H groups in total. The summed E-state index contributed by atoms with van der Waals surface area (Å²) in [6.45, 7) is 0.468. The van der Waals surface area contributed by atoms with Crippen LogP contribution in [0.15, 0.2) is 48.5 Å². The van der Waals surface area contributed by atoms with Crippen LogP contribution in [0.5, 0.6) is 5.75 Å². The second-order valence-electron chi connectivity index (χ2n) is 5.95. The highest BCUT2D eigenvalue weighted by molar-refractivity contribution is 6.02. The van der Waals surface area contributed by atoms with E-state index in [0.717, 1.165) is 22.6 Å². The Morgan fingerprint density at radius 2 is 1.92 bits per heavy atom. The Hall–Kier alpha value is -3.02. The van der Waals surface area contributed by atoms with Crippen molar-refractivity contribution in [1.82, 2.24) is 5.32 Å². The predicted octanol–water partition coefficient (Wildman–Crippen LogP) is 1.86. The van der Waals surface area contributed by atoms with Gasteiger partial charge in [-0.3, -0.25) is 9.69 Å². The van der Waals surface area contributed by atoms with E-state index in [0.29, 0.717) is 19.4 Å². The third-order valence-electron chi connectivity index (χ3n) is 4.37. The highest BCUT2D eigenvalue weighted by Crippen LogP contribution is 2.31. The molecule has 0 bridgehead atoms. The van der Waals surface area contributed by atoms with Crippen molar-refractivity contribution >= 4 is 17.6 Å². The highest BCUT2D eigenvalue weighted by atomic mass is 16.5. The number of hydrogen-bond donors (Lipinski definition) is 2. The van der Waals surface area contributed by atoms with Gasteiger partial charge in [0.25, 0.3) is 0 Å². The molecule has 2 aromatic carbocycles. The zero-order chi connectivity index (χ0) is 17.8. The smallest absolute Gasteiger partial charge is 0.322 e. The molecule has 1 aliphatic heterocycles. The van der Waals surface area contributed by atoms with Crippen molar-refractivity contribution in [3.63, 3.8) is 0 Å². The van der Waals surface area contributed by atoms with E-state index < -0.39 is 11.9 Å². The van der Waals surface area contributed by atoms with Crippen molar-refractivity contribution in [3.8, 4) is 5.75 Å². The summed E-state index contributed by atoms with van der Waals surface area (Å²) in [6, 6.07) is 14.2. The molecule has 0 saturated carbocycles. The number of hydrogen-bond acceptors (Lipinski definition) is 3. The maximum Gasteiger partial charge on any atom is 0.322 e.